The van der Waals surface area contributed by atoms with Crippen molar-refractivity contribution in [2.45, 2.75) is 25.8 Å². The van der Waals surface area contributed by atoms with E-state index in [1.54, 1.807) is 6.07 Å². The monoisotopic (exact) mass is 255 g/mol. The molecule has 0 spiro atoms. The van der Waals surface area contributed by atoms with Crippen LogP contribution in [0.25, 0.3) is 0 Å². The molecule has 0 aliphatic rings. The zero-order valence-electron chi connectivity index (χ0n) is 9.26. The summed E-state index contributed by atoms with van der Waals surface area (Å²) in [6.07, 6.45) is 7.08. The topological polar surface area (TPSA) is 12.0 Å². The summed E-state index contributed by atoms with van der Waals surface area (Å²) in [4.78, 5) is 0. The zero-order chi connectivity index (χ0) is 12.0. The second kappa shape index (κ2) is 6.81. The summed E-state index contributed by atoms with van der Waals surface area (Å²) in [5, 5.41) is 4.53. The van der Waals surface area contributed by atoms with Crippen LogP contribution in [-0.4, -0.2) is 6.54 Å². The molecular formula is C13H15Cl2N. The molecule has 0 bridgehead atoms. The van der Waals surface area contributed by atoms with Crippen LogP contribution in [-0.2, 0) is 0 Å². The van der Waals surface area contributed by atoms with Gasteiger partial charge in [-0.25, -0.2) is 0 Å². The normalized spacial score (nSPS) is 12.1. The quantitative estimate of drug-likeness (QED) is 0.783. The first-order valence-corrected chi connectivity index (χ1v) is 6.06. The number of halogens is 2. The molecule has 86 valence electrons. The van der Waals surface area contributed by atoms with Gasteiger partial charge in [-0.05, 0) is 30.7 Å². The molecule has 0 radical (unpaired) electrons. The van der Waals surface area contributed by atoms with Gasteiger partial charge in [0.05, 0.1) is 10.0 Å². The van der Waals surface area contributed by atoms with Crippen molar-refractivity contribution in [3.63, 3.8) is 0 Å². The molecule has 1 nitrogen and oxygen atoms in total. The minimum Gasteiger partial charge on any atom is -0.309 e. The van der Waals surface area contributed by atoms with E-state index in [4.69, 9.17) is 29.6 Å². The molecule has 0 aliphatic carbocycles. The predicted octanol–water partition coefficient (Wildman–Crippen LogP) is 4.06. The van der Waals surface area contributed by atoms with Crippen molar-refractivity contribution in [2.24, 2.45) is 0 Å². The minimum absolute atomic E-state index is 0.153. The van der Waals surface area contributed by atoms with Gasteiger partial charge in [-0.1, -0.05) is 36.2 Å². The van der Waals surface area contributed by atoms with Crippen LogP contribution in [0.2, 0.25) is 10.0 Å². The maximum absolute atomic E-state index is 5.98. The number of benzene rings is 1. The highest BCUT2D eigenvalue weighted by Gasteiger charge is 2.10. The third-order valence-electron chi connectivity index (χ3n) is 2.31. The van der Waals surface area contributed by atoms with Crippen LogP contribution in [0.1, 0.15) is 31.4 Å². The molecule has 0 saturated carbocycles. The number of hydrogen-bond donors (Lipinski definition) is 1. The van der Waals surface area contributed by atoms with Gasteiger partial charge >= 0.3 is 0 Å². The fourth-order valence-electron chi connectivity index (χ4n) is 1.47. The van der Waals surface area contributed by atoms with Crippen molar-refractivity contribution in [2.75, 3.05) is 6.54 Å². The van der Waals surface area contributed by atoms with E-state index >= 15 is 0 Å². The van der Waals surface area contributed by atoms with E-state index in [0.717, 1.165) is 18.5 Å². The molecule has 16 heavy (non-hydrogen) atoms. The van der Waals surface area contributed by atoms with Crippen LogP contribution in [0.3, 0.4) is 0 Å². The molecule has 1 atom stereocenters. The van der Waals surface area contributed by atoms with Crippen molar-refractivity contribution in [3.8, 4) is 12.3 Å². The third-order valence-corrected chi connectivity index (χ3v) is 3.05. The lowest BCUT2D eigenvalue weighted by Crippen LogP contribution is -2.21. The van der Waals surface area contributed by atoms with Crippen LogP contribution in [0, 0.1) is 12.3 Å². The first-order chi connectivity index (χ1) is 7.69. The summed E-state index contributed by atoms with van der Waals surface area (Å²) in [6, 6.07) is 5.78. The Morgan fingerprint density at radius 2 is 2.12 bits per heavy atom. The van der Waals surface area contributed by atoms with Crippen LogP contribution < -0.4 is 5.32 Å². The fraction of sp³-hybridized carbons (Fsp3) is 0.385. The Morgan fingerprint density at radius 1 is 1.38 bits per heavy atom. The maximum Gasteiger partial charge on any atom is 0.0595 e. The molecule has 3 heteroatoms. The lowest BCUT2D eigenvalue weighted by Gasteiger charge is -2.17. The highest BCUT2D eigenvalue weighted by molar-refractivity contribution is 6.42. The van der Waals surface area contributed by atoms with Crippen LogP contribution in [0.5, 0.6) is 0 Å². The third kappa shape index (κ3) is 3.72. The van der Waals surface area contributed by atoms with Crippen molar-refractivity contribution < 1.29 is 0 Å². The molecule has 1 aromatic carbocycles. The Morgan fingerprint density at radius 3 is 2.69 bits per heavy atom. The van der Waals surface area contributed by atoms with Gasteiger partial charge < -0.3 is 5.32 Å². The van der Waals surface area contributed by atoms with E-state index in [9.17, 15) is 0 Å². The molecule has 0 heterocycles. The Balaban J connectivity index is 2.84. The zero-order valence-corrected chi connectivity index (χ0v) is 10.8. The largest absolute Gasteiger partial charge is 0.309 e. The summed E-state index contributed by atoms with van der Waals surface area (Å²) in [7, 11) is 0. The fourth-order valence-corrected chi connectivity index (χ4v) is 1.78. The molecule has 0 aliphatic heterocycles. The van der Waals surface area contributed by atoms with Gasteiger partial charge in [0.1, 0.15) is 0 Å². The first kappa shape index (κ1) is 13.4. The summed E-state index contributed by atoms with van der Waals surface area (Å²) < 4.78 is 0. The van der Waals surface area contributed by atoms with Crippen molar-refractivity contribution in [3.05, 3.63) is 33.8 Å². The van der Waals surface area contributed by atoms with E-state index in [1.807, 2.05) is 12.1 Å². The van der Waals surface area contributed by atoms with E-state index < -0.39 is 0 Å². The average molecular weight is 256 g/mol. The molecule has 1 aromatic rings. The Labute approximate surface area is 107 Å². The molecule has 1 rings (SSSR count). The summed E-state index contributed by atoms with van der Waals surface area (Å²) in [5.74, 6) is 2.67. The lowest BCUT2D eigenvalue weighted by molar-refractivity contribution is 0.542. The SMILES string of the molecule is C#CCC(NCCC)c1ccc(Cl)c(Cl)c1. The lowest BCUT2D eigenvalue weighted by atomic mass is 10.0. The second-order valence-corrected chi connectivity index (χ2v) is 4.40. The van der Waals surface area contributed by atoms with E-state index in [0.29, 0.717) is 16.5 Å². The van der Waals surface area contributed by atoms with Gasteiger partial charge in [-0.3, -0.25) is 0 Å². The molecule has 0 aromatic heterocycles. The number of hydrogen-bond acceptors (Lipinski definition) is 1. The van der Waals surface area contributed by atoms with Crippen LogP contribution in [0.15, 0.2) is 18.2 Å². The summed E-state index contributed by atoms with van der Waals surface area (Å²) >= 11 is 11.9. The summed E-state index contributed by atoms with van der Waals surface area (Å²) in [6.45, 7) is 3.06. The maximum atomic E-state index is 5.98. The van der Waals surface area contributed by atoms with Crippen molar-refractivity contribution >= 4 is 23.2 Å². The minimum atomic E-state index is 0.153. The number of rotatable bonds is 5. The molecular weight excluding hydrogens is 241 g/mol. The van der Waals surface area contributed by atoms with Crippen LogP contribution in [0.4, 0.5) is 0 Å². The van der Waals surface area contributed by atoms with Gasteiger partial charge in [0, 0.05) is 12.5 Å². The van der Waals surface area contributed by atoms with Gasteiger partial charge in [-0.2, -0.15) is 0 Å². The molecule has 1 unspecified atom stereocenters. The Kier molecular flexibility index (Phi) is 5.69. The van der Waals surface area contributed by atoms with Crippen molar-refractivity contribution in [1.82, 2.24) is 5.32 Å². The van der Waals surface area contributed by atoms with Gasteiger partial charge in [0.2, 0.25) is 0 Å². The van der Waals surface area contributed by atoms with Gasteiger partial charge in [0.15, 0.2) is 0 Å². The average Bonchev–Trinajstić information content (AvgIpc) is 2.28. The van der Waals surface area contributed by atoms with E-state index in [2.05, 4.69) is 18.2 Å². The molecule has 0 amide bonds. The highest BCUT2D eigenvalue weighted by Crippen LogP contribution is 2.26. The molecule has 0 fully saturated rings. The summed E-state index contributed by atoms with van der Waals surface area (Å²) in [5.41, 5.74) is 1.08. The molecule has 0 saturated heterocycles. The van der Waals surface area contributed by atoms with Crippen molar-refractivity contribution in [1.29, 1.82) is 0 Å². The standard InChI is InChI=1S/C13H15Cl2N/c1-3-5-13(16-8-4-2)10-6-7-11(14)12(15)9-10/h1,6-7,9,13,16H,4-5,8H2,2H3. The smallest absolute Gasteiger partial charge is 0.0595 e. The van der Waals surface area contributed by atoms with E-state index in [-0.39, 0.29) is 6.04 Å². The number of terminal acetylenes is 1. The Bertz CT molecular complexity index is 382. The van der Waals surface area contributed by atoms with Gasteiger partial charge in [0.25, 0.3) is 0 Å². The van der Waals surface area contributed by atoms with Crippen LogP contribution >= 0.6 is 23.2 Å². The van der Waals surface area contributed by atoms with Gasteiger partial charge in [-0.15, -0.1) is 12.3 Å². The Hall–Kier alpha value is -0.680. The predicted molar refractivity (Wildman–Crippen MR) is 70.9 cm³/mol. The highest BCUT2D eigenvalue weighted by atomic mass is 35.5. The number of nitrogens with one attached hydrogen (secondary N) is 1. The molecule has 1 N–H and O–H groups in total. The second-order valence-electron chi connectivity index (χ2n) is 3.59. The first-order valence-electron chi connectivity index (χ1n) is 5.30. The van der Waals surface area contributed by atoms with E-state index in [1.165, 1.54) is 0 Å².